The molecular weight excluding hydrogens is 472 g/mol. The smallest absolute Gasteiger partial charge is 0.267 e. The molecular formula is C24H28N4O4S2. The molecule has 180 valence electrons. The number of thioether (sulfide) groups is 1. The molecule has 2 aromatic heterocycles. The lowest BCUT2D eigenvalue weighted by atomic mass is 10.1. The lowest BCUT2D eigenvalue weighted by Gasteiger charge is -2.36. The van der Waals surface area contributed by atoms with Crippen LogP contribution in [0, 0.1) is 6.92 Å². The van der Waals surface area contributed by atoms with Crippen LogP contribution in [0.1, 0.15) is 37.8 Å². The predicted molar refractivity (Wildman–Crippen MR) is 137 cm³/mol. The summed E-state index contributed by atoms with van der Waals surface area (Å²) in [6, 6.07) is 3.78. The number of fused-ring (bicyclic) bond motifs is 1. The van der Waals surface area contributed by atoms with E-state index in [0.717, 1.165) is 18.4 Å². The number of pyridine rings is 1. The fourth-order valence-electron chi connectivity index (χ4n) is 4.75. The zero-order valence-electron chi connectivity index (χ0n) is 19.5. The van der Waals surface area contributed by atoms with Gasteiger partial charge in [0, 0.05) is 25.9 Å². The third-order valence-corrected chi connectivity index (χ3v) is 7.64. The standard InChI is InChI=1S/C24H28N4O4S2/c1-14-6-7-20-25-21(26-11-15(2)32-16(3)12-26)18(22(29)27(20)10-14)9-19-23(30)28(24(33)34-19)13-17-5-4-8-31-17/h6-7,9-10,15-17H,4-5,8,11-13H2,1-3H3/b19-9-/t15-,16+,17-/m0/s1. The van der Waals surface area contributed by atoms with Gasteiger partial charge in [-0.3, -0.25) is 18.9 Å². The molecule has 1 amide bonds. The second-order valence-electron chi connectivity index (χ2n) is 9.18. The summed E-state index contributed by atoms with van der Waals surface area (Å²) in [6.45, 7) is 8.33. The lowest BCUT2D eigenvalue weighted by molar-refractivity contribution is -0.123. The quantitative estimate of drug-likeness (QED) is 0.469. The van der Waals surface area contributed by atoms with Gasteiger partial charge in [-0.1, -0.05) is 30.0 Å². The first-order valence-electron chi connectivity index (χ1n) is 11.6. The highest BCUT2D eigenvalue weighted by molar-refractivity contribution is 8.26. The van der Waals surface area contributed by atoms with Gasteiger partial charge >= 0.3 is 0 Å². The molecule has 5 rings (SSSR count). The van der Waals surface area contributed by atoms with Gasteiger partial charge in [-0.25, -0.2) is 4.98 Å². The van der Waals surface area contributed by atoms with Crippen molar-refractivity contribution in [2.24, 2.45) is 0 Å². The van der Waals surface area contributed by atoms with Crippen LogP contribution in [0.5, 0.6) is 0 Å². The average Bonchev–Trinajstić information content (AvgIpc) is 3.39. The maximum absolute atomic E-state index is 13.7. The first kappa shape index (κ1) is 23.5. The fraction of sp³-hybridized carbons (Fsp3) is 0.500. The Labute approximate surface area is 207 Å². The van der Waals surface area contributed by atoms with Gasteiger partial charge in [-0.05, 0) is 51.3 Å². The van der Waals surface area contributed by atoms with Gasteiger partial charge in [0.2, 0.25) is 0 Å². The molecule has 0 spiro atoms. The van der Waals surface area contributed by atoms with Crippen molar-refractivity contribution in [3.05, 3.63) is 44.7 Å². The van der Waals surface area contributed by atoms with Crippen molar-refractivity contribution in [3.8, 4) is 0 Å². The minimum absolute atomic E-state index is 0.000471. The van der Waals surface area contributed by atoms with Crippen molar-refractivity contribution in [1.82, 2.24) is 14.3 Å². The molecule has 0 aromatic carbocycles. The maximum atomic E-state index is 13.7. The number of aryl methyl sites for hydroxylation is 1. The number of amides is 1. The monoisotopic (exact) mass is 500 g/mol. The van der Waals surface area contributed by atoms with E-state index in [1.54, 1.807) is 21.6 Å². The number of thiocarbonyl (C=S) groups is 1. The van der Waals surface area contributed by atoms with Crippen LogP contribution in [0.4, 0.5) is 5.82 Å². The Hall–Kier alpha value is -2.27. The third-order valence-electron chi connectivity index (χ3n) is 6.26. The molecule has 2 aromatic rings. The van der Waals surface area contributed by atoms with Crippen molar-refractivity contribution in [2.75, 3.05) is 31.1 Å². The molecule has 0 bridgehead atoms. The third kappa shape index (κ3) is 4.51. The van der Waals surface area contributed by atoms with E-state index in [1.807, 2.05) is 32.9 Å². The van der Waals surface area contributed by atoms with Crippen LogP contribution in [-0.2, 0) is 14.3 Å². The zero-order valence-corrected chi connectivity index (χ0v) is 21.2. The van der Waals surface area contributed by atoms with Crippen LogP contribution in [0.2, 0.25) is 0 Å². The summed E-state index contributed by atoms with van der Waals surface area (Å²) >= 11 is 6.73. The van der Waals surface area contributed by atoms with Gasteiger partial charge in [0.15, 0.2) is 0 Å². The normalized spacial score (nSPS) is 26.9. The summed E-state index contributed by atoms with van der Waals surface area (Å²) in [5.74, 6) is 0.383. The van der Waals surface area contributed by atoms with E-state index in [-0.39, 0.29) is 29.8 Å². The highest BCUT2D eigenvalue weighted by atomic mass is 32.2. The van der Waals surface area contributed by atoms with Gasteiger partial charge < -0.3 is 14.4 Å². The SMILES string of the molecule is Cc1ccc2nc(N3C[C@@H](C)O[C@@H](C)C3)c(/C=C3\SC(=S)N(C[C@@H]4CCCO4)C3=O)c(=O)n2c1. The number of carbonyl (C=O) groups is 1. The maximum Gasteiger partial charge on any atom is 0.267 e. The Bertz CT molecular complexity index is 1230. The van der Waals surface area contributed by atoms with Crippen LogP contribution < -0.4 is 10.5 Å². The Balaban J connectivity index is 1.58. The number of carbonyl (C=O) groups excluding carboxylic acids is 1. The Kier molecular flexibility index (Phi) is 6.49. The second-order valence-corrected chi connectivity index (χ2v) is 10.9. The van der Waals surface area contributed by atoms with E-state index in [9.17, 15) is 9.59 Å². The summed E-state index contributed by atoms with van der Waals surface area (Å²) in [6.07, 6.45) is 5.36. The average molecular weight is 501 g/mol. The molecule has 10 heteroatoms. The lowest BCUT2D eigenvalue weighted by Crippen LogP contribution is -2.46. The van der Waals surface area contributed by atoms with Crippen LogP contribution in [0.25, 0.3) is 11.7 Å². The van der Waals surface area contributed by atoms with Crippen molar-refractivity contribution in [1.29, 1.82) is 0 Å². The van der Waals surface area contributed by atoms with Crippen LogP contribution in [0.3, 0.4) is 0 Å². The van der Waals surface area contributed by atoms with E-state index in [0.29, 0.717) is 52.5 Å². The predicted octanol–water partition coefficient (Wildman–Crippen LogP) is 3.00. The number of hydrogen-bond acceptors (Lipinski definition) is 8. The molecule has 0 aliphatic carbocycles. The van der Waals surface area contributed by atoms with Crippen LogP contribution >= 0.6 is 24.0 Å². The number of hydrogen-bond donors (Lipinski definition) is 0. The Morgan fingerprint density at radius 3 is 2.71 bits per heavy atom. The molecule has 5 heterocycles. The molecule has 3 aliphatic heterocycles. The number of morpholine rings is 1. The second kappa shape index (κ2) is 9.41. The number of aromatic nitrogens is 2. The number of rotatable bonds is 4. The van der Waals surface area contributed by atoms with Crippen molar-refractivity contribution in [2.45, 2.75) is 51.9 Å². The summed E-state index contributed by atoms with van der Waals surface area (Å²) in [5.41, 5.74) is 1.70. The number of ether oxygens (including phenoxy) is 2. The van der Waals surface area contributed by atoms with E-state index >= 15 is 0 Å². The molecule has 0 unspecified atom stereocenters. The minimum Gasteiger partial charge on any atom is -0.376 e. The van der Waals surface area contributed by atoms with Crippen molar-refractivity contribution >= 4 is 51.7 Å². The molecule has 3 fully saturated rings. The molecule has 0 radical (unpaired) electrons. The fourth-order valence-corrected chi connectivity index (χ4v) is 6.00. The summed E-state index contributed by atoms with van der Waals surface area (Å²) in [4.78, 5) is 35.9. The van der Waals surface area contributed by atoms with E-state index in [4.69, 9.17) is 26.7 Å². The van der Waals surface area contributed by atoms with Crippen molar-refractivity contribution in [3.63, 3.8) is 0 Å². The summed E-state index contributed by atoms with van der Waals surface area (Å²) < 4.78 is 13.6. The highest BCUT2D eigenvalue weighted by Crippen LogP contribution is 2.34. The van der Waals surface area contributed by atoms with Gasteiger partial charge in [0.05, 0.1) is 35.3 Å². The number of nitrogens with zero attached hydrogens (tertiary/aromatic N) is 4. The summed E-state index contributed by atoms with van der Waals surface area (Å²) in [7, 11) is 0. The molecule has 3 atom stereocenters. The van der Waals surface area contributed by atoms with E-state index in [2.05, 4.69) is 4.90 Å². The molecule has 34 heavy (non-hydrogen) atoms. The van der Waals surface area contributed by atoms with Crippen LogP contribution in [-0.4, -0.2) is 69.1 Å². The number of anilines is 1. The largest absolute Gasteiger partial charge is 0.376 e. The van der Waals surface area contributed by atoms with Crippen LogP contribution in [0.15, 0.2) is 28.0 Å². The molecule has 8 nitrogen and oxygen atoms in total. The van der Waals surface area contributed by atoms with E-state index in [1.165, 1.54) is 11.8 Å². The molecule has 3 aliphatic rings. The Morgan fingerprint density at radius 2 is 2.00 bits per heavy atom. The minimum atomic E-state index is -0.208. The molecule has 0 N–H and O–H groups in total. The van der Waals surface area contributed by atoms with Gasteiger partial charge in [0.25, 0.3) is 11.5 Å². The highest BCUT2D eigenvalue weighted by Gasteiger charge is 2.35. The van der Waals surface area contributed by atoms with Gasteiger partial charge in [-0.2, -0.15) is 0 Å². The van der Waals surface area contributed by atoms with Gasteiger partial charge in [0.1, 0.15) is 15.8 Å². The van der Waals surface area contributed by atoms with Gasteiger partial charge in [-0.15, -0.1) is 0 Å². The van der Waals surface area contributed by atoms with Crippen molar-refractivity contribution < 1.29 is 14.3 Å². The molecule has 3 saturated heterocycles. The van der Waals surface area contributed by atoms with E-state index < -0.39 is 0 Å². The molecule has 0 saturated carbocycles. The Morgan fingerprint density at radius 1 is 1.24 bits per heavy atom. The summed E-state index contributed by atoms with van der Waals surface area (Å²) in [5, 5.41) is 0. The zero-order chi connectivity index (χ0) is 24.0. The first-order valence-corrected chi connectivity index (χ1v) is 12.8. The first-order chi connectivity index (χ1) is 16.3. The topological polar surface area (TPSA) is 76.4 Å².